The first kappa shape index (κ1) is 18.1. The van der Waals surface area contributed by atoms with Crippen molar-refractivity contribution in [1.29, 1.82) is 0 Å². The van der Waals surface area contributed by atoms with Crippen molar-refractivity contribution < 1.29 is 10.2 Å². The number of aromatic hydroxyl groups is 2. The third-order valence-electron chi connectivity index (χ3n) is 3.68. The molecule has 0 aliphatic heterocycles. The first-order valence-corrected chi connectivity index (χ1v) is 9.35. The van der Waals surface area contributed by atoms with Crippen LogP contribution in [-0.2, 0) is 0 Å². The quantitative estimate of drug-likeness (QED) is 0.278. The zero-order chi connectivity index (χ0) is 18.0. The van der Waals surface area contributed by atoms with Gasteiger partial charge in [0.15, 0.2) is 0 Å². The Kier molecular flexibility index (Phi) is 5.52. The Morgan fingerprint density at radius 1 is 0.640 bits per heavy atom. The molecule has 0 bridgehead atoms. The lowest BCUT2D eigenvalue weighted by Crippen LogP contribution is -1.75. The zero-order valence-corrected chi connectivity index (χ0v) is 16.8. The van der Waals surface area contributed by atoms with Gasteiger partial charge in [0, 0.05) is 14.3 Å². The highest BCUT2D eigenvalue weighted by Crippen LogP contribution is 2.32. The molecule has 0 aromatic heterocycles. The van der Waals surface area contributed by atoms with Crippen LogP contribution in [0.5, 0.6) is 11.5 Å². The van der Waals surface area contributed by atoms with E-state index in [1.807, 2.05) is 48.5 Å². The Labute approximate surface area is 166 Å². The van der Waals surface area contributed by atoms with Crippen LogP contribution in [0.4, 0.5) is 0 Å². The third-order valence-corrected chi connectivity index (χ3v) is 5.07. The Bertz CT molecular complexity index is 1020. The van der Waals surface area contributed by atoms with Gasteiger partial charge in [-0.3, -0.25) is 0 Å². The maximum atomic E-state index is 9.34. The van der Waals surface area contributed by atoms with E-state index >= 15 is 0 Å². The van der Waals surface area contributed by atoms with Gasteiger partial charge in [-0.25, -0.2) is 0 Å². The molecule has 4 aromatic rings. The fraction of sp³-hybridized carbons (Fsp3) is 0. The highest BCUT2D eigenvalue weighted by molar-refractivity contribution is 9.10. The maximum absolute atomic E-state index is 9.34. The van der Waals surface area contributed by atoms with E-state index in [0.29, 0.717) is 10.8 Å². The smallest absolute Gasteiger partial charge is 0.134 e. The minimum absolute atomic E-state index is 0.122. The topological polar surface area (TPSA) is 40.5 Å². The largest absolute Gasteiger partial charge is 0.508 e. The summed E-state index contributed by atoms with van der Waals surface area (Å²) in [6.45, 7) is 0. The SMILES string of the molecule is Oc1ccc2cc(Br)ccc2c1.Oc1ccc2cc(Br)ccc2c1Cl. The van der Waals surface area contributed by atoms with Gasteiger partial charge < -0.3 is 10.2 Å². The molecule has 2 nitrogen and oxygen atoms in total. The molecule has 0 fully saturated rings. The number of hydrogen-bond donors (Lipinski definition) is 2. The van der Waals surface area contributed by atoms with Crippen molar-refractivity contribution in [2.45, 2.75) is 0 Å². The molecule has 0 heterocycles. The summed E-state index contributed by atoms with van der Waals surface area (Å²) in [5.74, 6) is 0.432. The number of benzene rings is 4. The molecule has 2 N–H and O–H groups in total. The molecule has 0 aliphatic carbocycles. The van der Waals surface area contributed by atoms with Gasteiger partial charge in [0.05, 0.1) is 5.02 Å². The van der Waals surface area contributed by atoms with Gasteiger partial charge in [-0.15, -0.1) is 0 Å². The molecule has 0 unspecified atom stereocenters. The van der Waals surface area contributed by atoms with Crippen LogP contribution in [0.15, 0.2) is 75.7 Å². The molecule has 0 atom stereocenters. The van der Waals surface area contributed by atoms with Gasteiger partial charge in [0.25, 0.3) is 0 Å². The summed E-state index contributed by atoms with van der Waals surface area (Å²) in [4.78, 5) is 0. The summed E-state index contributed by atoms with van der Waals surface area (Å²) < 4.78 is 2.06. The van der Waals surface area contributed by atoms with Gasteiger partial charge in [-0.1, -0.05) is 67.7 Å². The summed E-state index contributed by atoms with van der Waals surface area (Å²) >= 11 is 12.7. The van der Waals surface area contributed by atoms with Crippen molar-refractivity contribution in [3.8, 4) is 11.5 Å². The molecule has 0 saturated carbocycles. The minimum Gasteiger partial charge on any atom is -0.508 e. The number of halogens is 3. The Morgan fingerprint density at radius 3 is 1.96 bits per heavy atom. The molecule has 5 heteroatoms. The molecular weight excluding hydrogens is 467 g/mol. The van der Waals surface area contributed by atoms with Crippen LogP contribution < -0.4 is 0 Å². The highest BCUT2D eigenvalue weighted by Gasteiger charge is 2.03. The fourth-order valence-corrected chi connectivity index (χ4v) is 3.45. The predicted molar refractivity (Wildman–Crippen MR) is 112 cm³/mol. The van der Waals surface area contributed by atoms with E-state index in [9.17, 15) is 10.2 Å². The summed E-state index contributed by atoms with van der Waals surface area (Å²) in [5, 5.41) is 23.0. The summed E-state index contributed by atoms with van der Waals surface area (Å²) in [7, 11) is 0. The molecule has 0 saturated heterocycles. The first-order valence-electron chi connectivity index (χ1n) is 7.39. The van der Waals surface area contributed by atoms with Gasteiger partial charge in [0.1, 0.15) is 11.5 Å². The van der Waals surface area contributed by atoms with Crippen LogP contribution in [-0.4, -0.2) is 10.2 Å². The summed E-state index contributed by atoms with van der Waals surface area (Å²) in [6.07, 6.45) is 0. The number of hydrogen-bond acceptors (Lipinski definition) is 2. The van der Waals surface area contributed by atoms with E-state index in [-0.39, 0.29) is 5.75 Å². The first-order chi connectivity index (χ1) is 11.9. The van der Waals surface area contributed by atoms with Crippen LogP contribution in [0.25, 0.3) is 21.5 Å². The Balaban J connectivity index is 0.000000146. The normalized spacial score (nSPS) is 10.5. The van der Waals surface area contributed by atoms with Crippen molar-refractivity contribution >= 4 is 65.0 Å². The minimum atomic E-state index is 0.122. The maximum Gasteiger partial charge on any atom is 0.134 e. The van der Waals surface area contributed by atoms with Gasteiger partial charge in [-0.2, -0.15) is 0 Å². The average Bonchev–Trinajstić information content (AvgIpc) is 2.59. The van der Waals surface area contributed by atoms with Crippen molar-refractivity contribution in [2.24, 2.45) is 0 Å². The van der Waals surface area contributed by atoms with Gasteiger partial charge >= 0.3 is 0 Å². The second-order valence-corrected chi connectivity index (χ2v) is 7.65. The van der Waals surface area contributed by atoms with Crippen LogP contribution in [0.3, 0.4) is 0 Å². The number of rotatable bonds is 0. The summed E-state index contributed by atoms with van der Waals surface area (Å²) in [6, 6.07) is 20.5. The van der Waals surface area contributed by atoms with E-state index in [2.05, 4.69) is 31.9 Å². The van der Waals surface area contributed by atoms with Crippen LogP contribution in [0.1, 0.15) is 0 Å². The lowest BCUT2D eigenvalue weighted by molar-refractivity contribution is 0.475. The Hall–Kier alpha value is -1.75. The zero-order valence-electron chi connectivity index (χ0n) is 12.9. The molecule has 0 spiro atoms. The van der Waals surface area contributed by atoms with E-state index in [4.69, 9.17) is 11.6 Å². The van der Waals surface area contributed by atoms with Crippen molar-refractivity contribution in [3.05, 3.63) is 80.7 Å². The average molecular weight is 481 g/mol. The van der Waals surface area contributed by atoms with Crippen molar-refractivity contribution in [2.75, 3.05) is 0 Å². The molecular formula is C20H13Br2ClO2. The molecule has 4 aromatic carbocycles. The second kappa shape index (κ2) is 7.65. The van der Waals surface area contributed by atoms with Crippen molar-refractivity contribution in [1.82, 2.24) is 0 Å². The number of phenols is 2. The van der Waals surface area contributed by atoms with E-state index in [1.165, 1.54) is 0 Å². The predicted octanol–water partition coefficient (Wildman–Crippen LogP) is 7.27. The fourth-order valence-electron chi connectivity index (χ4n) is 2.46. The highest BCUT2D eigenvalue weighted by atomic mass is 79.9. The third kappa shape index (κ3) is 4.27. The molecule has 25 heavy (non-hydrogen) atoms. The molecule has 0 amide bonds. The van der Waals surface area contributed by atoms with Crippen LogP contribution >= 0.6 is 43.5 Å². The number of phenolic OH excluding ortho intramolecular Hbond substituents is 2. The van der Waals surface area contributed by atoms with E-state index in [0.717, 1.165) is 30.5 Å². The summed E-state index contributed by atoms with van der Waals surface area (Å²) in [5.41, 5.74) is 0. The second-order valence-electron chi connectivity index (χ2n) is 5.44. The molecule has 0 aliphatic rings. The lowest BCUT2D eigenvalue weighted by atomic mass is 10.1. The molecule has 4 rings (SSSR count). The van der Waals surface area contributed by atoms with Crippen LogP contribution in [0, 0.1) is 0 Å². The van der Waals surface area contributed by atoms with Gasteiger partial charge in [0.2, 0.25) is 0 Å². The standard InChI is InChI=1S/C10H6BrClO.C10H7BrO/c11-7-2-3-8-6(5-7)1-4-9(13)10(8)12;11-9-3-1-8-6-10(12)4-2-7(8)5-9/h1-5,13H;1-6,12H. The molecule has 126 valence electrons. The van der Waals surface area contributed by atoms with Gasteiger partial charge in [-0.05, 0) is 58.6 Å². The lowest BCUT2D eigenvalue weighted by Gasteiger charge is -2.02. The van der Waals surface area contributed by atoms with Crippen LogP contribution in [0.2, 0.25) is 5.02 Å². The van der Waals surface area contributed by atoms with E-state index < -0.39 is 0 Å². The Morgan fingerprint density at radius 2 is 1.20 bits per heavy atom. The monoisotopic (exact) mass is 478 g/mol. The van der Waals surface area contributed by atoms with Crippen molar-refractivity contribution in [3.63, 3.8) is 0 Å². The molecule has 0 radical (unpaired) electrons. The number of fused-ring (bicyclic) bond motifs is 2. The van der Waals surface area contributed by atoms with E-state index in [1.54, 1.807) is 18.2 Å².